The van der Waals surface area contributed by atoms with Crippen LogP contribution in [-0.2, 0) is 4.74 Å². The van der Waals surface area contributed by atoms with Gasteiger partial charge in [0.2, 0.25) is 0 Å². The van der Waals surface area contributed by atoms with Crippen molar-refractivity contribution in [2.45, 2.75) is 26.0 Å². The predicted octanol–water partition coefficient (Wildman–Crippen LogP) is 2.30. The van der Waals surface area contributed by atoms with E-state index >= 15 is 0 Å². The Hall–Kier alpha value is -2.31. The van der Waals surface area contributed by atoms with Crippen LogP contribution in [0.1, 0.15) is 13.8 Å². The van der Waals surface area contributed by atoms with Gasteiger partial charge < -0.3 is 25.2 Å². The van der Waals surface area contributed by atoms with Crippen LogP contribution in [0.5, 0.6) is 5.75 Å². The molecule has 1 amide bonds. The van der Waals surface area contributed by atoms with Crippen LogP contribution in [0.4, 0.5) is 4.79 Å². The third kappa shape index (κ3) is 6.60. The molecule has 0 aromatic heterocycles. The Morgan fingerprint density at radius 3 is 2.64 bits per heavy atom. The van der Waals surface area contributed by atoms with Crippen molar-refractivity contribution in [1.29, 1.82) is 0 Å². The highest BCUT2D eigenvalue weighted by molar-refractivity contribution is 5.88. The molecule has 0 aliphatic carbocycles. The molecule has 3 N–H and O–H groups in total. The number of hydrogen-bond acceptors (Lipinski definition) is 5. The van der Waals surface area contributed by atoms with Gasteiger partial charge in [0.05, 0.1) is 6.54 Å². The Bertz CT molecular complexity index is 662. The number of alkyl carbamates (subject to hydrolysis) is 1. The quantitative estimate of drug-likeness (QED) is 0.748. The van der Waals surface area contributed by atoms with Gasteiger partial charge in [0, 0.05) is 18.0 Å². The first-order valence-corrected chi connectivity index (χ1v) is 8.49. The standard InChI is InChI=1S/C16H21NO2.C3H5NO2/c1-12(2)17-10-14(18)11-19-16-9-5-7-13-6-3-4-8-15(13)16;5-3-4-1-2-6-3/h3-9,12,14,17-18H,10-11H2,1-2H3;1-2H2,(H,4,5). The average Bonchev–Trinajstić information content (AvgIpc) is 3.09. The Labute approximate surface area is 148 Å². The normalized spacial score (nSPS) is 14.5. The minimum atomic E-state index is -0.499. The summed E-state index contributed by atoms with van der Waals surface area (Å²) < 4.78 is 10.1. The van der Waals surface area contributed by atoms with Crippen LogP contribution >= 0.6 is 0 Å². The van der Waals surface area contributed by atoms with Gasteiger partial charge in [-0.25, -0.2) is 4.79 Å². The number of aliphatic hydroxyl groups is 1. The zero-order valence-electron chi connectivity index (χ0n) is 14.7. The fourth-order valence-electron chi connectivity index (χ4n) is 2.29. The van der Waals surface area contributed by atoms with E-state index in [2.05, 4.69) is 41.4 Å². The highest BCUT2D eigenvalue weighted by Crippen LogP contribution is 2.25. The maximum absolute atomic E-state index is 9.91. The van der Waals surface area contributed by atoms with Gasteiger partial charge in [-0.05, 0) is 11.5 Å². The molecule has 1 atom stereocenters. The number of carbonyl (C=O) groups is 1. The van der Waals surface area contributed by atoms with Crippen LogP contribution in [0.25, 0.3) is 10.8 Å². The molecule has 25 heavy (non-hydrogen) atoms. The van der Waals surface area contributed by atoms with Gasteiger partial charge in [-0.3, -0.25) is 0 Å². The number of amides is 1. The first-order valence-electron chi connectivity index (χ1n) is 8.49. The Morgan fingerprint density at radius 2 is 2.00 bits per heavy atom. The van der Waals surface area contributed by atoms with E-state index in [4.69, 9.17) is 4.74 Å². The molecule has 1 saturated heterocycles. The molecule has 6 nitrogen and oxygen atoms in total. The molecule has 1 aliphatic heterocycles. The molecule has 3 rings (SSSR count). The van der Waals surface area contributed by atoms with Crippen molar-refractivity contribution >= 4 is 16.9 Å². The minimum Gasteiger partial charge on any atom is -0.490 e. The van der Waals surface area contributed by atoms with Crippen molar-refractivity contribution in [1.82, 2.24) is 10.6 Å². The van der Waals surface area contributed by atoms with Crippen molar-refractivity contribution in [2.75, 3.05) is 26.3 Å². The highest BCUT2D eigenvalue weighted by Gasteiger charge is 2.08. The minimum absolute atomic E-state index is 0.296. The van der Waals surface area contributed by atoms with Gasteiger partial charge in [-0.15, -0.1) is 0 Å². The molecule has 1 unspecified atom stereocenters. The number of rotatable bonds is 6. The molecule has 0 bridgehead atoms. The Balaban J connectivity index is 0.000000316. The van der Waals surface area contributed by atoms with E-state index in [0.717, 1.165) is 16.5 Å². The Morgan fingerprint density at radius 1 is 1.24 bits per heavy atom. The number of nitrogens with one attached hydrogen (secondary N) is 2. The van der Waals surface area contributed by atoms with Crippen LogP contribution in [0.3, 0.4) is 0 Å². The summed E-state index contributed by atoms with van der Waals surface area (Å²) in [5.74, 6) is 0.821. The van der Waals surface area contributed by atoms with Crippen LogP contribution in [-0.4, -0.2) is 49.6 Å². The maximum Gasteiger partial charge on any atom is 0.407 e. The second-order valence-corrected chi connectivity index (χ2v) is 6.07. The van der Waals surface area contributed by atoms with Crippen LogP contribution in [0.15, 0.2) is 42.5 Å². The van der Waals surface area contributed by atoms with Crippen LogP contribution < -0.4 is 15.4 Å². The lowest BCUT2D eigenvalue weighted by molar-refractivity contribution is 0.105. The zero-order valence-corrected chi connectivity index (χ0v) is 14.7. The zero-order chi connectivity index (χ0) is 18.1. The monoisotopic (exact) mass is 346 g/mol. The SMILES string of the molecule is CC(C)NCC(O)COc1cccc2ccccc12.O=C1NCCO1. The Kier molecular flexibility index (Phi) is 7.50. The van der Waals surface area contributed by atoms with Crippen LogP contribution in [0, 0.1) is 0 Å². The molecular weight excluding hydrogens is 320 g/mol. The molecule has 1 heterocycles. The number of carbonyl (C=O) groups excluding carboxylic acids is 1. The molecule has 136 valence electrons. The summed E-state index contributed by atoms with van der Waals surface area (Å²) in [6.07, 6.45) is -0.795. The molecule has 0 saturated carbocycles. The predicted molar refractivity (Wildman–Crippen MR) is 97.9 cm³/mol. The van der Waals surface area contributed by atoms with E-state index < -0.39 is 6.10 Å². The molecule has 2 aromatic rings. The van der Waals surface area contributed by atoms with Crippen molar-refractivity contribution < 1.29 is 19.4 Å². The summed E-state index contributed by atoms with van der Waals surface area (Å²) in [6.45, 7) is 6.14. The summed E-state index contributed by atoms with van der Waals surface area (Å²) in [5, 5.41) is 17.7. The first kappa shape index (κ1) is 19.0. The van der Waals surface area contributed by atoms with Crippen molar-refractivity contribution in [3.8, 4) is 5.75 Å². The van der Waals surface area contributed by atoms with E-state index in [-0.39, 0.29) is 6.09 Å². The lowest BCUT2D eigenvalue weighted by atomic mass is 10.1. The van der Waals surface area contributed by atoms with Crippen molar-refractivity contribution in [3.05, 3.63) is 42.5 Å². The molecule has 0 radical (unpaired) electrons. The lowest BCUT2D eigenvalue weighted by Gasteiger charge is -2.15. The molecule has 1 aliphatic rings. The summed E-state index contributed by atoms with van der Waals surface area (Å²) >= 11 is 0. The number of ether oxygens (including phenoxy) is 2. The maximum atomic E-state index is 9.91. The van der Waals surface area contributed by atoms with E-state index in [1.807, 2.05) is 30.3 Å². The fraction of sp³-hybridized carbons (Fsp3) is 0.421. The number of fused-ring (bicyclic) bond motifs is 1. The van der Waals surface area contributed by atoms with E-state index in [1.165, 1.54) is 0 Å². The van der Waals surface area contributed by atoms with Crippen molar-refractivity contribution in [3.63, 3.8) is 0 Å². The number of cyclic esters (lactones) is 1. The second-order valence-electron chi connectivity index (χ2n) is 6.07. The van der Waals surface area contributed by atoms with Gasteiger partial charge in [-0.2, -0.15) is 0 Å². The number of aliphatic hydroxyl groups excluding tert-OH is 1. The molecule has 1 fully saturated rings. The number of hydrogen-bond donors (Lipinski definition) is 3. The molecular formula is C19H26N2O4. The van der Waals surface area contributed by atoms with E-state index in [1.54, 1.807) is 0 Å². The topological polar surface area (TPSA) is 79.8 Å². The summed E-state index contributed by atoms with van der Waals surface area (Å²) in [7, 11) is 0. The number of benzene rings is 2. The summed E-state index contributed by atoms with van der Waals surface area (Å²) in [5.41, 5.74) is 0. The van der Waals surface area contributed by atoms with Gasteiger partial charge in [0.1, 0.15) is 25.1 Å². The lowest BCUT2D eigenvalue weighted by Crippen LogP contribution is -2.35. The van der Waals surface area contributed by atoms with E-state index in [9.17, 15) is 9.90 Å². The fourth-order valence-corrected chi connectivity index (χ4v) is 2.29. The summed E-state index contributed by atoms with van der Waals surface area (Å²) in [6, 6.07) is 14.4. The molecule has 6 heteroatoms. The van der Waals surface area contributed by atoms with E-state index in [0.29, 0.717) is 32.3 Å². The average molecular weight is 346 g/mol. The third-order valence-corrected chi connectivity index (χ3v) is 3.55. The van der Waals surface area contributed by atoms with Crippen molar-refractivity contribution in [2.24, 2.45) is 0 Å². The second kappa shape index (κ2) is 9.86. The van der Waals surface area contributed by atoms with Crippen LogP contribution in [0.2, 0.25) is 0 Å². The first-order chi connectivity index (χ1) is 12.1. The molecule has 0 spiro atoms. The van der Waals surface area contributed by atoms with Gasteiger partial charge in [0.25, 0.3) is 0 Å². The third-order valence-electron chi connectivity index (χ3n) is 3.55. The van der Waals surface area contributed by atoms with Gasteiger partial charge in [-0.1, -0.05) is 50.2 Å². The molecule has 2 aromatic carbocycles. The highest BCUT2D eigenvalue weighted by atomic mass is 16.6. The smallest absolute Gasteiger partial charge is 0.407 e. The van der Waals surface area contributed by atoms with Gasteiger partial charge >= 0.3 is 6.09 Å². The summed E-state index contributed by atoms with van der Waals surface area (Å²) in [4.78, 5) is 9.91. The largest absolute Gasteiger partial charge is 0.490 e. The van der Waals surface area contributed by atoms with Gasteiger partial charge in [0.15, 0.2) is 0 Å².